The van der Waals surface area contributed by atoms with Gasteiger partial charge >= 0.3 is 0 Å². The van der Waals surface area contributed by atoms with Crippen molar-refractivity contribution in [2.45, 2.75) is 17.9 Å². The number of sulfonamides is 1. The van der Waals surface area contributed by atoms with Gasteiger partial charge in [0.1, 0.15) is 0 Å². The minimum absolute atomic E-state index is 0.294. The van der Waals surface area contributed by atoms with E-state index in [1.807, 2.05) is 24.3 Å². The highest BCUT2D eigenvalue weighted by Crippen LogP contribution is 2.20. The van der Waals surface area contributed by atoms with Crippen molar-refractivity contribution in [2.24, 2.45) is 0 Å². The molecule has 1 heterocycles. The third-order valence-electron chi connectivity index (χ3n) is 4.32. The predicted molar refractivity (Wildman–Crippen MR) is 102 cm³/mol. The molecule has 0 atom stereocenters. The van der Waals surface area contributed by atoms with Gasteiger partial charge in [-0.2, -0.15) is 4.31 Å². The number of halogens is 2. The van der Waals surface area contributed by atoms with Gasteiger partial charge in [0, 0.05) is 36.2 Å². The molecule has 0 spiro atoms. The normalized spacial score (nSPS) is 17.4. The van der Waals surface area contributed by atoms with Gasteiger partial charge in [-0.05, 0) is 54.9 Å². The van der Waals surface area contributed by atoms with E-state index in [9.17, 15) is 8.42 Å². The molecular weight excluding hydrogens is 379 g/mol. The third kappa shape index (κ3) is 4.74. The van der Waals surface area contributed by atoms with E-state index in [-0.39, 0.29) is 0 Å². The van der Waals surface area contributed by atoms with Crippen LogP contribution in [0.3, 0.4) is 0 Å². The molecule has 0 radical (unpaired) electrons. The molecule has 1 aliphatic heterocycles. The Morgan fingerprint density at radius 3 is 2.04 bits per heavy atom. The Hall–Kier alpha value is -1.11. The summed E-state index contributed by atoms with van der Waals surface area (Å²) < 4.78 is 27.2. The summed E-state index contributed by atoms with van der Waals surface area (Å²) >= 11 is 11.8. The van der Waals surface area contributed by atoms with Crippen LogP contribution in [0, 0.1) is 0 Å². The Kier molecular flexibility index (Phi) is 6.02. The van der Waals surface area contributed by atoms with Crippen molar-refractivity contribution in [2.75, 3.05) is 26.2 Å². The fraction of sp³-hybridized carbons (Fsp3) is 0.333. The fourth-order valence-corrected chi connectivity index (χ4v) is 4.67. The van der Waals surface area contributed by atoms with Crippen molar-refractivity contribution in [3.05, 3.63) is 64.1 Å². The van der Waals surface area contributed by atoms with Crippen molar-refractivity contribution in [1.82, 2.24) is 9.21 Å². The highest BCUT2D eigenvalue weighted by Gasteiger charge is 2.26. The molecule has 25 heavy (non-hydrogen) atoms. The van der Waals surface area contributed by atoms with E-state index in [4.69, 9.17) is 23.2 Å². The number of nitrogens with zero attached hydrogens (tertiary/aromatic N) is 2. The standard InChI is InChI=1S/C18H20Cl2N2O2S/c19-16-4-2-15(3-5-16)14-21-10-1-11-22(13-12-21)25(23,24)18-8-6-17(20)7-9-18/h2-9H,1,10-14H2. The first-order valence-corrected chi connectivity index (χ1v) is 10.4. The van der Waals surface area contributed by atoms with Gasteiger partial charge in [0.05, 0.1) is 4.90 Å². The Labute approximate surface area is 159 Å². The smallest absolute Gasteiger partial charge is 0.243 e. The second-order valence-corrected chi connectivity index (χ2v) is 8.92. The number of hydrogen-bond acceptors (Lipinski definition) is 3. The molecule has 7 heteroatoms. The quantitative estimate of drug-likeness (QED) is 0.783. The van der Waals surface area contributed by atoms with Gasteiger partial charge in [-0.1, -0.05) is 35.3 Å². The third-order valence-corrected chi connectivity index (χ3v) is 6.74. The van der Waals surface area contributed by atoms with Gasteiger partial charge in [0.25, 0.3) is 0 Å². The van der Waals surface area contributed by atoms with Crippen LogP contribution in [0.4, 0.5) is 0 Å². The van der Waals surface area contributed by atoms with Crippen LogP contribution in [0.25, 0.3) is 0 Å². The van der Waals surface area contributed by atoms with E-state index < -0.39 is 10.0 Å². The highest BCUT2D eigenvalue weighted by atomic mass is 35.5. The lowest BCUT2D eigenvalue weighted by Crippen LogP contribution is -2.35. The Morgan fingerprint density at radius 2 is 1.40 bits per heavy atom. The minimum atomic E-state index is -3.47. The Morgan fingerprint density at radius 1 is 0.800 bits per heavy atom. The van der Waals surface area contributed by atoms with Crippen LogP contribution in [0.15, 0.2) is 53.4 Å². The van der Waals surface area contributed by atoms with Gasteiger partial charge < -0.3 is 0 Å². The molecule has 1 aliphatic rings. The lowest BCUT2D eigenvalue weighted by atomic mass is 10.2. The molecule has 0 N–H and O–H groups in total. The molecule has 2 aromatic rings. The van der Waals surface area contributed by atoms with Crippen LogP contribution in [0.5, 0.6) is 0 Å². The van der Waals surface area contributed by atoms with E-state index in [0.717, 1.165) is 24.5 Å². The highest BCUT2D eigenvalue weighted by molar-refractivity contribution is 7.89. The molecule has 3 rings (SSSR count). The average molecular weight is 399 g/mol. The summed E-state index contributed by atoms with van der Waals surface area (Å²) in [7, 11) is -3.47. The first-order valence-electron chi connectivity index (χ1n) is 8.18. The van der Waals surface area contributed by atoms with Gasteiger partial charge in [-0.3, -0.25) is 4.90 Å². The molecule has 0 unspecified atom stereocenters. The Bertz CT molecular complexity index is 808. The maximum Gasteiger partial charge on any atom is 0.243 e. The van der Waals surface area contributed by atoms with Crippen molar-refractivity contribution in [1.29, 1.82) is 0 Å². The summed E-state index contributed by atoms with van der Waals surface area (Å²) in [5.74, 6) is 0. The zero-order valence-corrected chi connectivity index (χ0v) is 16.1. The molecule has 134 valence electrons. The molecule has 0 aliphatic carbocycles. The van der Waals surface area contributed by atoms with Crippen molar-refractivity contribution < 1.29 is 8.42 Å². The van der Waals surface area contributed by atoms with Gasteiger partial charge in [-0.15, -0.1) is 0 Å². The second-order valence-electron chi connectivity index (χ2n) is 6.11. The zero-order chi connectivity index (χ0) is 17.9. The first kappa shape index (κ1) is 18.7. The molecule has 1 saturated heterocycles. The molecule has 0 bridgehead atoms. The SMILES string of the molecule is O=S(=O)(c1ccc(Cl)cc1)N1CCCN(Cc2ccc(Cl)cc2)CC1. The summed E-state index contributed by atoms with van der Waals surface area (Å²) in [6.45, 7) is 3.39. The van der Waals surface area contributed by atoms with E-state index in [1.54, 1.807) is 28.6 Å². The summed E-state index contributed by atoms with van der Waals surface area (Å²) in [6.07, 6.45) is 0.806. The van der Waals surface area contributed by atoms with Crippen LogP contribution in [-0.2, 0) is 16.6 Å². The number of benzene rings is 2. The molecule has 0 aromatic heterocycles. The molecular formula is C18H20Cl2N2O2S. The average Bonchev–Trinajstić information content (AvgIpc) is 2.83. The van der Waals surface area contributed by atoms with Crippen molar-refractivity contribution in [3.63, 3.8) is 0 Å². The summed E-state index contributed by atoms with van der Waals surface area (Å²) in [5.41, 5.74) is 1.18. The second kappa shape index (κ2) is 8.06. The maximum absolute atomic E-state index is 12.8. The summed E-state index contributed by atoms with van der Waals surface area (Å²) in [4.78, 5) is 2.57. The van der Waals surface area contributed by atoms with Crippen molar-refractivity contribution >= 4 is 33.2 Å². The van der Waals surface area contributed by atoms with E-state index in [2.05, 4.69) is 4.90 Å². The van der Waals surface area contributed by atoms with Crippen LogP contribution < -0.4 is 0 Å². The van der Waals surface area contributed by atoms with Gasteiger partial charge in [0.15, 0.2) is 0 Å². The molecule has 0 amide bonds. The first-order chi connectivity index (χ1) is 11.9. The van der Waals surface area contributed by atoms with Crippen LogP contribution in [0.2, 0.25) is 10.0 Å². The lowest BCUT2D eigenvalue weighted by molar-refractivity contribution is 0.278. The monoisotopic (exact) mass is 398 g/mol. The fourth-order valence-electron chi connectivity index (χ4n) is 2.95. The molecule has 4 nitrogen and oxygen atoms in total. The lowest BCUT2D eigenvalue weighted by Gasteiger charge is -2.22. The predicted octanol–water partition coefficient (Wildman–Crippen LogP) is 3.89. The number of rotatable bonds is 4. The summed E-state index contributed by atoms with van der Waals surface area (Å²) in [6, 6.07) is 14.1. The van der Waals surface area contributed by atoms with Crippen LogP contribution in [0.1, 0.15) is 12.0 Å². The Balaban J connectivity index is 1.66. The molecule has 0 saturated carbocycles. The minimum Gasteiger partial charge on any atom is -0.298 e. The largest absolute Gasteiger partial charge is 0.298 e. The van der Waals surface area contributed by atoms with Crippen LogP contribution >= 0.6 is 23.2 Å². The van der Waals surface area contributed by atoms with Crippen LogP contribution in [-0.4, -0.2) is 43.8 Å². The molecule has 2 aromatic carbocycles. The maximum atomic E-state index is 12.8. The topological polar surface area (TPSA) is 40.6 Å². The van der Waals surface area contributed by atoms with E-state index in [1.165, 1.54) is 5.56 Å². The van der Waals surface area contributed by atoms with E-state index >= 15 is 0 Å². The summed E-state index contributed by atoms with van der Waals surface area (Å²) in [5, 5.41) is 1.25. The molecule has 1 fully saturated rings. The van der Waals surface area contributed by atoms with Gasteiger partial charge in [-0.25, -0.2) is 8.42 Å². The number of hydrogen-bond donors (Lipinski definition) is 0. The van der Waals surface area contributed by atoms with E-state index in [0.29, 0.717) is 29.6 Å². The van der Waals surface area contributed by atoms with Gasteiger partial charge in [0.2, 0.25) is 10.0 Å². The van der Waals surface area contributed by atoms with Crippen molar-refractivity contribution in [3.8, 4) is 0 Å². The zero-order valence-electron chi connectivity index (χ0n) is 13.7.